The molecule has 1 saturated heterocycles. The Morgan fingerprint density at radius 3 is 2.04 bits per heavy atom. The molecular weight excluding hydrogens is 330 g/mol. The molecule has 1 aliphatic heterocycles. The van der Waals surface area contributed by atoms with Crippen LogP contribution in [0.5, 0.6) is 0 Å². The molecular formula is C18H19BF3NO2. The minimum atomic E-state index is -4.43. The lowest BCUT2D eigenvalue weighted by molar-refractivity contribution is -0.137. The van der Waals surface area contributed by atoms with E-state index in [0.717, 1.165) is 6.07 Å². The second-order valence-electron chi connectivity index (χ2n) is 7.11. The number of pyridine rings is 1. The smallest absolute Gasteiger partial charge is 0.399 e. The van der Waals surface area contributed by atoms with Crippen LogP contribution in [0.4, 0.5) is 13.2 Å². The lowest BCUT2D eigenvalue weighted by atomic mass is 9.80. The van der Waals surface area contributed by atoms with Crippen LogP contribution in [-0.2, 0) is 15.5 Å². The van der Waals surface area contributed by atoms with E-state index in [-0.39, 0.29) is 11.3 Å². The molecule has 0 saturated carbocycles. The molecule has 0 spiro atoms. The fourth-order valence-corrected chi connectivity index (χ4v) is 2.64. The third-order valence-electron chi connectivity index (χ3n) is 4.82. The van der Waals surface area contributed by atoms with E-state index in [2.05, 4.69) is 4.98 Å². The highest BCUT2D eigenvalue weighted by Crippen LogP contribution is 2.37. The molecule has 0 N–H and O–H groups in total. The molecule has 0 atom stereocenters. The van der Waals surface area contributed by atoms with Gasteiger partial charge in [-0.1, -0.05) is 24.3 Å². The van der Waals surface area contributed by atoms with Crippen molar-refractivity contribution in [3.63, 3.8) is 0 Å². The van der Waals surface area contributed by atoms with Crippen LogP contribution in [0.1, 0.15) is 33.3 Å². The van der Waals surface area contributed by atoms with Crippen molar-refractivity contribution >= 4 is 12.6 Å². The van der Waals surface area contributed by atoms with Gasteiger partial charge in [0, 0.05) is 17.2 Å². The molecule has 3 nitrogen and oxygen atoms in total. The van der Waals surface area contributed by atoms with Gasteiger partial charge in [-0.05, 0) is 39.8 Å². The number of hydrogen-bond acceptors (Lipinski definition) is 3. The largest absolute Gasteiger partial charge is 0.496 e. The summed E-state index contributed by atoms with van der Waals surface area (Å²) in [5.41, 5.74) is -0.695. The van der Waals surface area contributed by atoms with E-state index >= 15 is 0 Å². The summed E-state index contributed by atoms with van der Waals surface area (Å²) in [6, 6.07) is 8.65. The lowest BCUT2D eigenvalue weighted by Gasteiger charge is -2.32. The van der Waals surface area contributed by atoms with Gasteiger partial charge in [-0.25, -0.2) is 0 Å². The number of nitrogens with zero attached hydrogens (tertiary/aromatic N) is 1. The Labute approximate surface area is 145 Å². The van der Waals surface area contributed by atoms with Crippen molar-refractivity contribution in [2.45, 2.75) is 45.1 Å². The zero-order chi connectivity index (χ0) is 18.5. The van der Waals surface area contributed by atoms with Gasteiger partial charge in [-0.15, -0.1) is 0 Å². The monoisotopic (exact) mass is 349 g/mol. The van der Waals surface area contributed by atoms with Crippen molar-refractivity contribution in [1.29, 1.82) is 0 Å². The highest BCUT2D eigenvalue weighted by Gasteiger charge is 2.51. The Hall–Kier alpha value is -1.86. The molecule has 1 fully saturated rings. The van der Waals surface area contributed by atoms with Crippen molar-refractivity contribution in [2.75, 3.05) is 0 Å². The lowest BCUT2D eigenvalue weighted by Crippen LogP contribution is -2.41. The van der Waals surface area contributed by atoms with Crippen LogP contribution in [0.15, 0.2) is 42.6 Å². The zero-order valence-electron chi connectivity index (χ0n) is 14.5. The van der Waals surface area contributed by atoms with E-state index in [1.807, 2.05) is 27.7 Å². The molecule has 7 heteroatoms. The summed E-state index contributed by atoms with van der Waals surface area (Å²) in [6.45, 7) is 7.76. The van der Waals surface area contributed by atoms with Gasteiger partial charge < -0.3 is 9.31 Å². The Balaban J connectivity index is 1.90. The van der Waals surface area contributed by atoms with E-state index in [4.69, 9.17) is 9.31 Å². The number of benzene rings is 1. The molecule has 1 aromatic heterocycles. The number of hydrogen-bond donors (Lipinski definition) is 0. The topological polar surface area (TPSA) is 31.4 Å². The fraction of sp³-hybridized carbons (Fsp3) is 0.389. The van der Waals surface area contributed by atoms with Gasteiger partial charge in [-0.2, -0.15) is 13.2 Å². The van der Waals surface area contributed by atoms with E-state index in [1.165, 1.54) is 18.3 Å². The van der Waals surface area contributed by atoms with Gasteiger partial charge in [0.1, 0.15) is 0 Å². The van der Waals surface area contributed by atoms with E-state index < -0.39 is 30.1 Å². The summed E-state index contributed by atoms with van der Waals surface area (Å²) >= 11 is 0. The molecule has 0 radical (unpaired) electrons. The summed E-state index contributed by atoms with van der Waals surface area (Å²) in [7, 11) is -0.593. The first kappa shape index (κ1) is 18.0. The number of alkyl halides is 3. The van der Waals surface area contributed by atoms with Crippen molar-refractivity contribution in [1.82, 2.24) is 4.98 Å². The van der Waals surface area contributed by atoms with Crippen LogP contribution in [-0.4, -0.2) is 23.3 Å². The van der Waals surface area contributed by atoms with Crippen molar-refractivity contribution in [2.24, 2.45) is 0 Å². The van der Waals surface area contributed by atoms with Crippen molar-refractivity contribution in [3.8, 4) is 11.3 Å². The highest BCUT2D eigenvalue weighted by atomic mass is 19.4. The van der Waals surface area contributed by atoms with Gasteiger partial charge in [-0.3, -0.25) is 4.98 Å². The molecule has 0 aliphatic carbocycles. The van der Waals surface area contributed by atoms with Gasteiger partial charge in [0.2, 0.25) is 0 Å². The number of halogens is 3. The average molecular weight is 349 g/mol. The molecule has 0 unspecified atom stereocenters. The molecule has 1 aliphatic rings. The molecule has 3 rings (SSSR count). The number of aromatic nitrogens is 1. The normalized spacial score (nSPS) is 19.2. The molecule has 2 aromatic rings. The third-order valence-corrected chi connectivity index (χ3v) is 4.82. The van der Waals surface area contributed by atoms with Crippen LogP contribution in [0, 0.1) is 0 Å². The number of rotatable bonds is 2. The first-order valence-corrected chi connectivity index (χ1v) is 7.99. The second kappa shape index (κ2) is 5.85. The minimum absolute atomic E-state index is 0.0514. The fourth-order valence-electron chi connectivity index (χ4n) is 2.64. The van der Waals surface area contributed by atoms with Crippen LogP contribution >= 0.6 is 0 Å². The predicted octanol–water partition coefficient (Wildman–Crippen LogP) is 4.07. The first-order valence-electron chi connectivity index (χ1n) is 7.99. The van der Waals surface area contributed by atoms with E-state index in [9.17, 15) is 13.2 Å². The van der Waals surface area contributed by atoms with Crippen LogP contribution in [0.25, 0.3) is 11.3 Å². The molecule has 0 bridgehead atoms. The first-order chi connectivity index (χ1) is 11.5. The maximum absolute atomic E-state index is 13.2. The predicted molar refractivity (Wildman–Crippen MR) is 90.4 cm³/mol. The molecule has 25 heavy (non-hydrogen) atoms. The van der Waals surface area contributed by atoms with Gasteiger partial charge >= 0.3 is 13.3 Å². The van der Waals surface area contributed by atoms with E-state index in [1.54, 1.807) is 18.2 Å². The average Bonchev–Trinajstić information content (AvgIpc) is 2.75. The second-order valence-corrected chi connectivity index (χ2v) is 7.11. The molecule has 2 heterocycles. The van der Waals surface area contributed by atoms with Gasteiger partial charge in [0.15, 0.2) is 0 Å². The maximum Gasteiger partial charge on any atom is 0.496 e. The molecule has 132 valence electrons. The quantitative estimate of drug-likeness (QED) is 0.766. The summed E-state index contributed by atoms with van der Waals surface area (Å²) in [5, 5.41) is 0. The Morgan fingerprint density at radius 2 is 1.52 bits per heavy atom. The van der Waals surface area contributed by atoms with Gasteiger partial charge in [0.05, 0.1) is 22.5 Å². The Kier molecular flexibility index (Phi) is 4.20. The third kappa shape index (κ3) is 3.31. The standard InChI is InChI=1S/C18H19BF3NO2/c1-16(2)17(3,4)25-19(24-16)12-9-10-15(23-11-12)13-7-5-6-8-14(13)18(20,21)22/h5-11H,1-4H3. The Bertz CT molecular complexity index is 757. The summed E-state index contributed by atoms with van der Waals surface area (Å²) < 4.78 is 51.3. The molecule has 1 aromatic carbocycles. The summed E-state index contributed by atoms with van der Waals surface area (Å²) in [6.07, 6.45) is -2.92. The zero-order valence-corrected chi connectivity index (χ0v) is 14.5. The SMILES string of the molecule is CC1(C)OB(c2ccc(-c3ccccc3C(F)(F)F)nc2)OC1(C)C. The molecule has 0 amide bonds. The van der Waals surface area contributed by atoms with Crippen molar-refractivity contribution < 1.29 is 22.5 Å². The van der Waals surface area contributed by atoms with Crippen LogP contribution in [0.3, 0.4) is 0 Å². The van der Waals surface area contributed by atoms with Crippen molar-refractivity contribution in [3.05, 3.63) is 48.2 Å². The minimum Gasteiger partial charge on any atom is -0.399 e. The maximum atomic E-state index is 13.2. The Morgan fingerprint density at radius 1 is 0.920 bits per heavy atom. The summed E-state index contributed by atoms with van der Waals surface area (Å²) in [4.78, 5) is 4.20. The van der Waals surface area contributed by atoms with Gasteiger partial charge in [0.25, 0.3) is 0 Å². The van der Waals surface area contributed by atoms with Crippen LogP contribution in [0.2, 0.25) is 0 Å². The van der Waals surface area contributed by atoms with E-state index in [0.29, 0.717) is 5.46 Å². The highest BCUT2D eigenvalue weighted by molar-refractivity contribution is 6.62. The van der Waals surface area contributed by atoms with Crippen LogP contribution < -0.4 is 5.46 Å². The summed E-state index contributed by atoms with van der Waals surface area (Å²) in [5.74, 6) is 0.